The maximum atomic E-state index is 7.80. The fourth-order valence-electron chi connectivity index (χ4n) is 3.82. The van der Waals surface area contributed by atoms with E-state index in [1.807, 2.05) is 35.9 Å². The highest BCUT2D eigenvalue weighted by atomic mass is 15.1. The molecule has 2 aromatic heterocycles. The molecule has 4 rings (SSSR count). The second kappa shape index (κ2) is 10.2. The maximum absolute atomic E-state index is 7.80. The predicted octanol–water partition coefficient (Wildman–Crippen LogP) is 4.32. The van der Waals surface area contributed by atoms with E-state index < -0.39 is 0 Å². The summed E-state index contributed by atoms with van der Waals surface area (Å²) < 4.78 is 1.97. The summed E-state index contributed by atoms with van der Waals surface area (Å²) in [5, 5.41) is 17.9. The molecule has 1 fully saturated rings. The number of imidazole rings is 1. The molecular formula is C27H30N6. The minimum absolute atomic E-state index is 0.430. The van der Waals surface area contributed by atoms with Crippen molar-refractivity contribution in [3.63, 3.8) is 0 Å². The minimum Gasteiger partial charge on any atom is -0.386 e. The van der Waals surface area contributed by atoms with Crippen molar-refractivity contribution in [2.45, 2.75) is 32.7 Å². The van der Waals surface area contributed by atoms with E-state index in [0.29, 0.717) is 11.7 Å². The van der Waals surface area contributed by atoms with Crippen LogP contribution < -0.4 is 16.0 Å². The third-order valence-electron chi connectivity index (χ3n) is 5.84. The van der Waals surface area contributed by atoms with Gasteiger partial charge in [0.15, 0.2) is 5.65 Å². The molecule has 0 atom stereocenters. The Balaban J connectivity index is 1.57. The molecule has 1 aromatic carbocycles. The number of rotatable bonds is 6. The van der Waals surface area contributed by atoms with Crippen LogP contribution in [0.1, 0.15) is 42.1 Å². The zero-order valence-corrected chi connectivity index (χ0v) is 19.2. The average molecular weight is 439 g/mol. The van der Waals surface area contributed by atoms with E-state index >= 15 is 0 Å². The first kappa shape index (κ1) is 22.4. The molecule has 6 heteroatoms. The number of pyridine rings is 1. The van der Waals surface area contributed by atoms with Gasteiger partial charge in [0.2, 0.25) is 0 Å². The molecule has 0 radical (unpaired) electrons. The summed E-state index contributed by atoms with van der Waals surface area (Å²) in [6.07, 6.45) is 9.09. The van der Waals surface area contributed by atoms with E-state index in [4.69, 9.17) is 5.41 Å². The monoisotopic (exact) mass is 438 g/mol. The zero-order chi connectivity index (χ0) is 23.2. The zero-order valence-electron chi connectivity index (χ0n) is 19.2. The SMILES string of the molecule is C=C(C)c1ccc(C)c(C#Cc2cnc3c(N/C(C=N)=C/NC4CCNCC4)cccn23)c1. The molecule has 33 heavy (non-hydrogen) atoms. The highest BCUT2D eigenvalue weighted by Crippen LogP contribution is 2.19. The lowest BCUT2D eigenvalue weighted by molar-refractivity contribution is 0.419. The molecule has 1 aliphatic rings. The highest BCUT2D eigenvalue weighted by molar-refractivity contribution is 5.84. The van der Waals surface area contributed by atoms with Crippen molar-refractivity contribution in [1.29, 1.82) is 5.41 Å². The number of nitrogens with one attached hydrogen (secondary N) is 4. The first-order valence-electron chi connectivity index (χ1n) is 11.2. The normalized spacial score (nSPS) is 14.4. The molecule has 3 aromatic rings. The van der Waals surface area contributed by atoms with E-state index in [2.05, 4.69) is 64.5 Å². The second-order valence-electron chi connectivity index (χ2n) is 8.38. The van der Waals surface area contributed by atoms with Gasteiger partial charge in [-0.05, 0) is 75.0 Å². The summed E-state index contributed by atoms with van der Waals surface area (Å²) in [5.41, 5.74) is 7.32. The van der Waals surface area contributed by atoms with Crippen LogP contribution in [-0.2, 0) is 0 Å². The van der Waals surface area contributed by atoms with Crippen molar-refractivity contribution in [1.82, 2.24) is 20.0 Å². The number of allylic oxidation sites excluding steroid dienone is 2. The van der Waals surface area contributed by atoms with Crippen molar-refractivity contribution >= 4 is 23.1 Å². The van der Waals surface area contributed by atoms with Crippen LogP contribution in [-0.4, -0.2) is 34.7 Å². The van der Waals surface area contributed by atoms with Gasteiger partial charge in [0.25, 0.3) is 0 Å². The largest absolute Gasteiger partial charge is 0.386 e. The lowest BCUT2D eigenvalue weighted by Gasteiger charge is -2.23. The third-order valence-corrected chi connectivity index (χ3v) is 5.84. The molecule has 0 saturated carbocycles. The van der Waals surface area contributed by atoms with Crippen molar-refractivity contribution in [2.75, 3.05) is 18.4 Å². The molecule has 1 aliphatic heterocycles. The molecule has 3 heterocycles. The molecule has 0 aliphatic carbocycles. The summed E-state index contributed by atoms with van der Waals surface area (Å²) in [4.78, 5) is 4.59. The number of aryl methyl sites for hydroxylation is 1. The Morgan fingerprint density at radius 1 is 1.27 bits per heavy atom. The molecule has 4 N–H and O–H groups in total. The van der Waals surface area contributed by atoms with Crippen LogP contribution in [0.4, 0.5) is 5.69 Å². The quantitative estimate of drug-likeness (QED) is 0.341. The van der Waals surface area contributed by atoms with E-state index in [-0.39, 0.29) is 0 Å². The summed E-state index contributed by atoms with van der Waals surface area (Å²) >= 11 is 0. The van der Waals surface area contributed by atoms with Gasteiger partial charge in [-0.25, -0.2) is 4.98 Å². The third kappa shape index (κ3) is 5.33. The van der Waals surface area contributed by atoms with Crippen molar-refractivity contribution in [2.24, 2.45) is 0 Å². The van der Waals surface area contributed by atoms with Gasteiger partial charge in [-0.15, -0.1) is 0 Å². The molecular weight excluding hydrogens is 408 g/mol. The number of hydrogen-bond acceptors (Lipinski definition) is 5. The van der Waals surface area contributed by atoms with E-state index in [1.165, 1.54) is 6.21 Å². The van der Waals surface area contributed by atoms with Crippen LogP contribution in [0.2, 0.25) is 0 Å². The number of piperidine rings is 1. The van der Waals surface area contributed by atoms with Gasteiger partial charge in [-0.2, -0.15) is 0 Å². The van der Waals surface area contributed by atoms with Gasteiger partial charge in [0, 0.05) is 30.2 Å². The fraction of sp³-hybridized carbons (Fsp3) is 0.259. The number of fused-ring (bicyclic) bond motifs is 1. The van der Waals surface area contributed by atoms with Crippen LogP contribution in [0.15, 0.2) is 61.2 Å². The van der Waals surface area contributed by atoms with E-state index in [0.717, 1.165) is 65.2 Å². The first-order chi connectivity index (χ1) is 16.0. The lowest BCUT2D eigenvalue weighted by atomic mass is 10.0. The minimum atomic E-state index is 0.430. The molecule has 1 saturated heterocycles. The van der Waals surface area contributed by atoms with E-state index in [1.54, 1.807) is 6.20 Å². The van der Waals surface area contributed by atoms with Crippen LogP contribution in [0.25, 0.3) is 11.2 Å². The van der Waals surface area contributed by atoms with Crippen molar-refractivity contribution in [3.8, 4) is 11.8 Å². The van der Waals surface area contributed by atoms with Gasteiger partial charge in [-0.1, -0.05) is 30.2 Å². The predicted molar refractivity (Wildman–Crippen MR) is 137 cm³/mol. The number of benzene rings is 1. The number of aromatic nitrogens is 2. The van der Waals surface area contributed by atoms with Crippen LogP contribution in [0.5, 0.6) is 0 Å². The van der Waals surface area contributed by atoms with Crippen LogP contribution >= 0.6 is 0 Å². The number of nitrogens with zero attached hydrogens (tertiary/aromatic N) is 2. The molecule has 0 unspecified atom stereocenters. The van der Waals surface area contributed by atoms with Gasteiger partial charge in [0.1, 0.15) is 5.69 Å². The van der Waals surface area contributed by atoms with Crippen LogP contribution in [0.3, 0.4) is 0 Å². The summed E-state index contributed by atoms with van der Waals surface area (Å²) in [5.74, 6) is 6.56. The summed E-state index contributed by atoms with van der Waals surface area (Å²) in [7, 11) is 0. The first-order valence-corrected chi connectivity index (χ1v) is 11.2. The Morgan fingerprint density at radius 3 is 2.85 bits per heavy atom. The Bertz CT molecular complexity index is 1260. The Kier molecular flexibility index (Phi) is 6.92. The Labute approximate surface area is 195 Å². The Hall–Kier alpha value is -3.82. The average Bonchev–Trinajstić information content (AvgIpc) is 3.25. The summed E-state index contributed by atoms with van der Waals surface area (Å²) in [6.45, 7) is 10.1. The Morgan fingerprint density at radius 2 is 2.09 bits per heavy atom. The number of hydrogen-bond donors (Lipinski definition) is 4. The smallest absolute Gasteiger partial charge is 0.161 e. The highest BCUT2D eigenvalue weighted by Gasteiger charge is 2.11. The van der Waals surface area contributed by atoms with Gasteiger partial charge in [-0.3, -0.25) is 4.40 Å². The topological polar surface area (TPSA) is 77.2 Å². The molecule has 0 bridgehead atoms. The maximum Gasteiger partial charge on any atom is 0.161 e. The standard InChI is InChI=1S/C27H30N6/c1-19(2)21-7-6-20(3)22(15-21)8-9-25-18-31-27-26(5-4-14-33(25)27)32-24(16-28)17-30-23-10-12-29-13-11-23/h4-7,14-18,23,28-30,32H,1,10-13H2,2-3H3/b24-17+,28-16?. The fourth-order valence-corrected chi connectivity index (χ4v) is 3.82. The van der Waals surface area contributed by atoms with Crippen molar-refractivity contribution < 1.29 is 0 Å². The number of anilines is 1. The molecule has 6 nitrogen and oxygen atoms in total. The second-order valence-corrected chi connectivity index (χ2v) is 8.38. The van der Waals surface area contributed by atoms with Crippen molar-refractivity contribution in [3.05, 3.63) is 83.6 Å². The van der Waals surface area contributed by atoms with Gasteiger partial charge in [0.05, 0.1) is 17.6 Å². The van der Waals surface area contributed by atoms with Crippen LogP contribution in [0, 0.1) is 24.2 Å². The van der Waals surface area contributed by atoms with E-state index in [9.17, 15) is 0 Å². The van der Waals surface area contributed by atoms with Gasteiger partial charge >= 0.3 is 0 Å². The molecule has 168 valence electrons. The summed E-state index contributed by atoms with van der Waals surface area (Å²) in [6, 6.07) is 10.6. The lowest BCUT2D eigenvalue weighted by Crippen LogP contribution is -2.38. The molecule has 0 amide bonds. The molecule has 0 spiro atoms. The van der Waals surface area contributed by atoms with Gasteiger partial charge < -0.3 is 21.4 Å².